The highest BCUT2D eigenvalue weighted by Gasteiger charge is 2.31. The van der Waals surface area contributed by atoms with Crippen LogP contribution in [-0.4, -0.2) is 29.3 Å². The summed E-state index contributed by atoms with van der Waals surface area (Å²) in [5, 5.41) is 12.9. The number of ether oxygens (including phenoxy) is 2. The molecule has 32 heavy (non-hydrogen) atoms. The monoisotopic (exact) mass is 432 g/mol. The zero-order valence-corrected chi connectivity index (χ0v) is 18.4. The first-order valence-corrected chi connectivity index (χ1v) is 10.9. The highest BCUT2D eigenvalue weighted by molar-refractivity contribution is 5.88. The van der Waals surface area contributed by atoms with Gasteiger partial charge in [0.2, 0.25) is 0 Å². The first-order valence-electron chi connectivity index (χ1n) is 10.9. The minimum absolute atomic E-state index is 0.198. The van der Waals surface area contributed by atoms with Gasteiger partial charge in [-0.3, -0.25) is 4.98 Å². The molecule has 3 aromatic rings. The van der Waals surface area contributed by atoms with Gasteiger partial charge in [0.25, 0.3) is 0 Å². The Morgan fingerprint density at radius 3 is 2.56 bits per heavy atom. The van der Waals surface area contributed by atoms with Crippen LogP contribution in [-0.2, 0) is 5.54 Å². The second-order valence-corrected chi connectivity index (χ2v) is 8.27. The largest absolute Gasteiger partial charge is 0.493 e. The van der Waals surface area contributed by atoms with Crippen molar-refractivity contribution in [3.8, 4) is 11.5 Å². The molecular formula is C26H28N2O4. The van der Waals surface area contributed by atoms with Crippen LogP contribution in [0, 0.1) is 0 Å². The third-order valence-electron chi connectivity index (χ3n) is 6.08. The molecule has 1 aromatic heterocycles. The number of pyridine rings is 1. The molecule has 1 aliphatic rings. The molecule has 0 amide bonds. The van der Waals surface area contributed by atoms with E-state index in [4.69, 9.17) is 9.47 Å². The van der Waals surface area contributed by atoms with E-state index in [-0.39, 0.29) is 11.7 Å². The molecule has 0 radical (unpaired) electrons. The third kappa shape index (κ3) is 4.54. The summed E-state index contributed by atoms with van der Waals surface area (Å²) < 4.78 is 11.9. The van der Waals surface area contributed by atoms with Gasteiger partial charge in [-0.2, -0.15) is 0 Å². The Balaban J connectivity index is 1.76. The topological polar surface area (TPSA) is 80.7 Å². The van der Waals surface area contributed by atoms with Crippen LogP contribution in [0.5, 0.6) is 11.5 Å². The molecule has 1 saturated carbocycles. The molecule has 1 atom stereocenters. The average Bonchev–Trinajstić information content (AvgIpc) is 3.33. The van der Waals surface area contributed by atoms with E-state index in [1.54, 1.807) is 31.5 Å². The van der Waals surface area contributed by atoms with Crippen molar-refractivity contribution in [1.82, 2.24) is 4.98 Å². The Hall–Kier alpha value is -3.54. The molecule has 0 bridgehead atoms. The number of nitrogens with one attached hydrogen (secondary N) is 1. The summed E-state index contributed by atoms with van der Waals surface area (Å²) in [6.07, 6.45) is 8.21. The van der Waals surface area contributed by atoms with Gasteiger partial charge in [0, 0.05) is 18.1 Å². The second kappa shape index (κ2) is 9.30. The average molecular weight is 433 g/mol. The van der Waals surface area contributed by atoms with Gasteiger partial charge in [-0.05, 0) is 80.1 Å². The highest BCUT2D eigenvalue weighted by atomic mass is 16.5. The van der Waals surface area contributed by atoms with Crippen LogP contribution < -0.4 is 14.8 Å². The van der Waals surface area contributed by atoms with Crippen LogP contribution in [0.15, 0.2) is 67.0 Å². The number of benzene rings is 2. The summed E-state index contributed by atoms with van der Waals surface area (Å²) in [7, 11) is 1.65. The predicted octanol–water partition coefficient (Wildman–Crippen LogP) is 5.49. The standard InChI is InChI=1S/C26H28N2O4/c1-26(20-8-6-14-27-17-20,28-21-9-5-7-18(15-21)25(29)30)19-12-13-23(31-2)24(16-19)32-22-10-3-4-11-22/h5-9,12-17,22,28H,3-4,10-11H2,1-2H3,(H,29,30). The number of hydrogen-bond acceptors (Lipinski definition) is 5. The van der Waals surface area contributed by atoms with Crippen LogP contribution in [0.1, 0.15) is 54.1 Å². The molecule has 4 rings (SSSR count). The highest BCUT2D eigenvalue weighted by Crippen LogP contribution is 2.39. The summed E-state index contributed by atoms with van der Waals surface area (Å²) >= 11 is 0. The maximum Gasteiger partial charge on any atom is 0.335 e. The Morgan fingerprint density at radius 2 is 1.88 bits per heavy atom. The van der Waals surface area contributed by atoms with Gasteiger partial charge >= 0.3 is 5.97 Å². The van der Waals surface area contributed by atoms with Crippen LogP contribution in [0.4, 0.5) is 5.69 Å². The normalized spacial score (nSPS) is 15.7. The molecular weight excluding hydrogens is 404 g/mol. The van der Waals surface area contributed by atoms with Crippen molar-refractivity contribution >= 4 is 11.7 Å². The van der Waals surface area contributed by atoms with Crippen LogP contribution in [0.25, 0.3) is 0 Å². The van der Waals surface area contributed by atoms with Gasteiger partial charge in [-0.1, -0.05) is 18.2 Å². The maximum absolute atomic E-state index is 11.5. The van der Waals surface area contributed by atoms with Crippen LogP contribution in [0.3, 0.4) is 0 Å². The molecule has 1 fully saturated rings. The van der Waals surface area contributed by atoms with E-state index >= 15 is 0 Å². The lowest BCUT2D eigenvalue weighted by Gasteiger charge is -2.34. The van der Waals surface area contributed by atoms with Gasteiger partial charge < -0.3 is 19.9 Å². The summed E-state index contributed by atoms with van der Waals surface area (Å²) in [5.41, 5.74) is 2.14. The number of rotatable bonds is 8. The van der Waals surface area contributed by atoms with Crippen molar-refractivity contribution in [2.45, 2.75) is 44.2 Å². The fourth-order valence-corrected chi connectivity index (χ4v) is 4.25. The molecule has 1 aliphatic carbocycles. The van der Waals surface area contributed by atoms with Crippen LogP contribution in [0.2, 0.25) is 0 Å². The number of nitrogens with zero attached hydrogens (tertiary/aromatic N) is 1. The first kappa shape index (κ1) is 21.7. The summed E-state index contributed by atoms with van der Waals surface area (Å²) in [4.78, 5) is 15.8. The van der Waals surface area contributed by atoms with Crippen molar-refractivity contribution in [2.75, 3.05) is 12.4 Å². The van der Waals surface area contributed by atoms with Gasteiger partial charge in [-0.25, -0.2) is 4.79 Å². The number of carboxylic acids is 1. The zero-order chi connectivity index (χ0) is 22.6. The minimum atomic E-state index is -0.964. The molecule has 0 saturated heterocycles. The summed E-state index contributed by atoms with van der Waals surface area (Å²) in [5.74, 6) is 0.448. The molecule has 1 unspecified atom stereocenters. The van der Waals surface area contributed by atoms with Gasteiger partial charge in [0.1, 0.15) is 0 Å². The predicted molar refractivity (Wildman–Crippen MR) is 124 cm³/mol. The molecule has 166 valence electrons. The van der Waals surface area contributed by atoms with E-state index < -0.39 is 11.5 Å². The Bertz CT molecular complexity index is 1080. The molecule has 6 nitrogen and oxygen atoms in total. The lowest BCUT2D eigenvalue weighted by molar-refractivity contribution is 0.0697. The number of methoxy groups -OCH3 is 1. The summed E-state index contributed by atoms with van der Waals surface area (Å²) in [6.45, 7) is 2.05. The first-order chi connectivity index (χ1) is 15.5. The van der Waals surface area contributed by atoms with Crippen LogP contribution >= 0.6 is 0 Å². The molecule has 6 heteroatoms. The van der Waals surface area contributed by atoms with E-state index in [0.717, 1.165) is 24.0 Å². The summed E-state index contributed by atoms with van der Waals surface area (Å²) in [6, 6.07) is 16.6. The van der Waals surface area contributed by atoms with Gasteiger partial charge in [0.05, 0.1) is 24.3 Å². The lowest BCUT2D eigenvalue weighted by atomic mass is 9.84. The van der Waals surface area contributed by atoms with Crippen molar-refractivity contribution in [1.29, 1.82) is 0 Å². The van der Waals surface area contributed by atoms with Gasteiger partial charge in [0.15, 0.2) is 11.5 Å². The number of carbonyl (C=O) groups is 1. The van der Waals surface area contributed by atoms with E-state index in [9.17, 15) is 9.90 Å². The Kier molecular flexibility index (Phi) is 6.30. The number of aromatic carboxylic acids is 1. The quantitative estimate of drug-likeness (QED) is 0.490. The fourth-order valence-electron chi connectivity index (χ4n) is 4.25. The van der Waals surface area contributed by atoms with Crippen molar-refractivity contribution < 1.29 is 19.4 Å². The second-order valence-electron chi connectivity index (χ2n) is 8.27. The van der Waals surface area contributed by atoms with Gasteiger partial charge in [-0.15, -0.1) is 0 Å². The van der Waals surface area contributed by atoms with Crippen molar-refractivity contribution in [2.24, 2.45) is 0 Å². The molecule has 2 N–H and O–H groups in total. The molecule has 0 aliphatic heterocycles. The zero-order valence-electron chi connectivity index (χ0n) is 18.4. The van der Waals surface area contributed by atoms with E-state index in [0.29, 0.717) is 17.2 Å². The molecule has 0 spiro atoms. The lowest BCUT2D eigenvalue weighted by Crippen LogP contribution is -2.33. The van der Waals surface area contributed by atoms with Crippen molar-refractivity contribution in [3.05, 3.63) is 83.7 Å². The number of hydrogen-bond donors (Lipinski definition) is 2. The van der Waals surface area contributed by atoms with E-state index in [2.05, 4.69) is 17.2 Å². The number of carboxylic acid groups (broad SMARTS) is 1. The van der Waals surface area contributed by atoms with Crippen molar-refractivity contribution in [3.63, 3.8) is 0 Å². The smallest absolute Gasteiger partial charge is 0.335 e. The third-order valence-corrected chi connectivity index (χ3v) is 6.08. The SMILES string of the molecule is COc1ccc(C(C)(Nc2cccc(C(=O)O)c2)c2cccnc2)cc1OC1CCCC1. The Morgan fingerprint density at radius 1 is 1.06 bits per heavy atom. The maximum atomic E-state index is 11.5. The Labute approximate surface area is 188 Å². The fraction of sp³-hybridized carbons (Fsp3) is 0.308. The number of anilines is 1. The molecule has 1 heterocycles. The minimum Gasteiger partial charge on any atom is -0.493 e. The number of aromatic nitrogens is 1. The van der Waals surface area contributed by atoms with E-state index in [1.807, 2.05) is 42.6 Å². The van der Waals surface area contributed by atoms with E-state index in [1.165, 1.54) is 12.8 Å². The molecule has 2 aromatic carbocycles.